The summed E-state index contributed by atoms with van der Waals surface area (Å²) < 4.78 is 1.04. The fourth-order valence-electron chi connectivity index (χ4n) is 1.72. The van der Waals surface area contributed by atoms with Gasteiger partial charge in [0, 0.05) is 16.1 Å². The van der Waals surface area contributed by atoms with Gasteiger partial charge in [0.2, 0.25) is 5.88 Å². The van der Waals surface area contributed by atoms with Gasteiger partial charge in [-0.2, -0.15) is 5.10 Å². The highest BCUT2D eigenvalue weighted by molar-refractivity contribution is 9.10. The second kappa shape index (κ2) is 4.84. The van der Waals surface area contributed by atoms with Crippen LogP contribution in [-0.4, -0.2) is 15.3 Å². The molecule has 0 aliphatic heterocycles. The second-order valence-electron chi connectivity index (χ2n) is 4.17. The first-order valence-corrected chi connectivity index (χ1v) is 6.19. The van der Waals surface area contributed by atoms with Gasteiger partial charge in [-0.3, -0.25) is 0 Å². The number of rotatable bonds is 2. The van der Waals surface area contributed by atoms with Crippen LogP contribution in [0.4, 0.5) is 0 Å². The van der Waals surface area contributed by atoms with Crippen molar-refractivity contribution in [1.82, 2.24) is 10.2 Å². The van der Waals surface area contributed by atoms with Crippen LogP contribution in [0.25, 0.3) is 11.1 Å². The minimum Gasteiger partial charge on any atom is -0.492 e. The van der Waals surface area contributed by atoms with Crippen molar-refractivity contribution in [2.24, 2.45) is 0 Å². The lowest BCUT2D eigenvalue weighted by molar-refractivity contribution is 0.445. The Morgan fingerprint density at radius 3 is 2.71 bits per heavy atom. The van der Waals surface area contributed by atoms with E-state index in [2.05, 4.69) is 46.0 Å². The molecule has 17 heavy (non-hydrogen) atoms. The van der Waals surface area contributed by atoms with Crippen LogP contribution in [0.3, 0.4) is 0 Å². The maximum absolute atomic E-state index is 9.35. The van der Waals surface area contributed by atoms with Gasteiger partial charge in [-0.1, -0.05) is 32.0 Å². The van der Waals surface area contributed by atoms with Gasteiger partial charge in [0.05, 0.1) is 6.20 Å². The van der Waals surface area contributed by atoms with Crippen molar-refractivity contribution >= 4 is 15.9 Å². The Balaban J connectivity index is 2.57. The van der Waals surface area contributed by atoms with Gasteiger partial charge in [-0.25, -0.2) is 0 Å². The minimum atomic E-state index is -0.0654. The van der Waals surface area contributed by atoms with Crippen molar-refractivity contribution in [3.05, 3.63) is 40.5 Å². The molecule has 0 unspecified atom stereocenters. The maximum Gasteiger partial charge on any atom is 0.231 e. The van der Waals surface area contributed by atoms with Crippen LogP contribution in [0.15, 0.2) is 34.9 Å². The smallest absolute Gasteiger partial charge is 0.231 e. The van der Waals surface area contributed by atoms with Gasteiger partial charge in [0.1, 0.15) is 0 Å². The largest absolute Gasteiger partial charge is 0.492 e. The lowest BCUT2D eigenvalue weighted by Gasteiger charge is -2.12. The van der Waals surface area contributed by atoms with Crippen molar-refractivity contribution in [3.8, 4) is 17.0 Å². The molecule has 4 heteroatoms. The van der Waals surface area contributed by atoms with E-state index in [0.717, 1.165) is 15.6 Å². The number of halogens is 1. The summed E-state index contributed by atoms with van der Waals surface area (Å²) in [6.45, 7) is 4.29. The molecular formula is C13H13BrN2O. The van der Waals surface area contributed by atoms with Crippen molar-refractivity contribution in [1.29, 1.82) is 0 Å². The molecule has 2 aromatic rings. The first kappa shape index (κ1) is 12.0. The Morgan fingerprint density at radius 1 is 1.29 bits per heavy atom. The molecule has 0 saturated heterocycles. The van der Waals surface area contributed by atoms with Gasteiger partial charge in [0.15, 0.2) is 0 Å². The predicted molar refractivity (Wildman–Crippen MR) is 70.9 cm³/mol. The number of nitrogens with zero attached hydrogens (tertiary/aromatic N) is 2. The van der Waals surface area contributed by atoms with Gasteiger partial charge in [0.25, 0.3) is 0 Å². The zero-order valence-electron chi connectivity index (χ0n) is 9.68. The standard InChI is InChI=1S/C13H13BrN2O/c1-8(2)10-4-3-5-11(13(10)14)9-6-12(17)16-15-7-9/h3-8H,1-2H3,(H,16,17). The molecule has 1 aromatic carbocycles. The van der Waals surface area contributed by atoms with E-state index in [-0.39, 0.29) is 5.88 Å². The summed E-state index contributed by atoms with van der Waals surface area (Å²) in [4.78, 5) is 0. The van der Waals surface area contributed by atoms with Crippen LogP contribution in [-0.2, 0) is 0 Å². The van der Waals surface area contributed by atoms with Gasteiger partial charge >= 0.3 is 0 Å². The molecule has 1 N–H and O–H groups in total. The molecule has 0 amide bonds. The van der Waals surface area contributed by atoms with Crippen molar-refractivity contribution in [2.75, 3.05) is 0 Å². The predicted octanol–water partition coefficient (Wildman–Crippen LogP) is 3.74. The number of aromatic hydroxyl groups is 1. The summed E-state index contributed by atoms with van der Waals surface area (Å²) >= 11 is 3.61. The topological polar surface area (TPSA) is 46.0 Å². The molecule has 0 aliphatic carbocycles. The minimum absolute atomic E-state index is 0.0654. The third-order valence-electron chi connectivity index (χ3n) is 2.60. The molecular weight excluding hydrogens is 280 g/mol. The van der Waals surface area contributed by atoms with Gasteiger partial charge < -0.3 is 5.11 Å². The van der Waals surface area contributed by atoms with E-state index in [1.807, 2.05) is 12.1 Å². The Bertz CT molecular complexity index is 541. The third-order valence-corrected chi connectivity index (χ3v) is 3.49. The van der Waals surface area contributed by atoms with Crippen molar-refractivity contribution in [2.45, 2.75) is 19.8 Å². The Labute approximate surface area is 109 Å². The summed E-state index contributed by atoms with van der Waals surface area (Å²) in [5.41, 5.74) is 3.10. The van der Waals surface area contributed by atoms with Crippen LogP contribution in [0, 0.1) is 0 Å². The zero-order valence-corrected chi connectivity index (χ0v) is 11.3. The van der Waals surface area contributed by atoms with Crippen molar-refractivity contribution < 1.29 is 5.11 Å². The lowest BCUT2D eigenvalue weighted by atomic mass is 9.98. The average Bonchev–Trinajstić information content (AvgIpc) is 2.29. The lowest BCUT2D eigenvalue weighted by Crippen LogP contribution is -1.92. The van der Waals surface area contributed by atoms with Gasteiger partial charge in [-0.15, -0.1) is 5.10 Å². The summed E-state index contributed by atoms with van der Waals surface area (Å²) in [5, 5.41) is 16.7. The van der Waals surface area contributed by atoms with Crippen LogP contribution in [0.5, 0.6) is 5.88 Å². The highest BCUT2D eigenvalue weighted by Crippen LogP contribution is 2.34. The number of hydrogen-bond donors (Lipinski definition) is 1. The van der Waals surface area contributed by atoms with Crippen LogP contribution >= 0.6 is 15.9 Å². The Kier molecular flexibility index (Phi) is 3.43. The van der Waals surface area contributed by atoms with E-state index < -0.39 is 0 Å². The molecule has 0 radical (unpaired) electrons. The SMILES string of the molecule is CC(C)c1cccc(-c2cnnc(O)c2)c1Br. The number of aromatic nitrogens is 2. The Hall–Kier alpha value is -1.42. The highest BCUT2D eigenvalue weighted by atomic mass is 79.9. The molecule has 88 valence electrons. The van der Waals surface area contributed by atoms with Crippen molar-refractivity contribution in [3.63, 3.8) is 0 Å². The summed E-state index contributed by atoms with van der Waals surface area (Å²) in [5.74, 6) is 0.372. The van der Waals surface area contributed by atoms with Gasteiger partial charge in [-0.05, 0) is 33.0 Å². The summed E-state index contributed by atoms with van der Waals surface area (Å²) in [7, 11) is 0. The summed E-state index contributed by atoms with van der Waals surface area (Å²) in [6.07, 6.45) is 1.64. The normalized spacial score (nSPS) is 10.8. The van der Waals surface area contributed by atoms with Crippen LogP contribution in [0.1, 0.15) is 25.3 Å². The molecule has 0 saturated carbocycles. The first-order chi connectivity index (χ1) is 8.09. The zero-order chi connectivity index (χ0) is 12.4. The molecule has 1 heterocycles. The number of hydrogen-bond acceptors (Lipinski definition) is 3. The Morgan fingerprint density at radius 2 is 2.06 bits per heavy atom. The fourth-order valence-corrected chi connectivity index (χ4v) is 2.67. The van der Waals surface area contributed by atoms with E-state index in [9.17, 15) is 5.11 Å². The second-order valence-corrected chi connectivity index (χ2v) is 4.96. The molecule has 0 aliphatic rings. The first-order valence-electron chi connectivity index (χ1n) is 5.40. The van der Waals surface area contributed by atoms with E-state index >= 15 is 0 Å². The fraction of sp³-hybridized carbons (Fsp3) is 0.231. The highest BCUT2D eigenvalue weighted by Gasteiger charge is 2.10. The van der Waals surface area contributed by atoms with E-state index in [1.165, 1.54) is 5.56 Å². The molecule has 0 fully saturated rings. The molecule has 0 bridgehead atoms. The van der Waals surface area contributed by atoms with Crippen LogP contribution in [0.2, 0.25) is 0 Å². The molecule has 0 atom stereocenters. The maximum atomic E-state index is 9.35. The molecule has 1 aromatic heterocycles. The van der Waals surface area contributed by atoms with Crippen LogP contribution < -0.4 is 0 Å². The van der Waals surface area contributed by atoms with E-state index in [4.69, 9.17) is 0 Å². The van der Waals surface area contributed by atoms with E-state index in [1.54, 1.807) is 12.3 Å². The summed E-state index contributed by atoms with van der Waals surface area (Å²) in [6, 6.07) is 7.70. The quantitative estimate of drug-likeness (QED) is 0.917. The average molecular weight is 293 g/mol. The molecule has 3 nitrogen and oxygen atoms in total. The van der Waals surface area contributed by atoms with E-state index in [0.29, 0.717) is 5.92 Å². The molecule has 0 spiro atoms. The number of benzene rings is 1. The third kappa shape index (κ3) is 2.47. The molecule has 2 rings (SSSR count). The monoisotopic (exact) mass is 292 g/mol.